The van der Waals surface area contributed by atoms with Gasteiger partial charge < -0.3 is 14.2 Å². The minimum atomic E-state index is -0.551. The topological polar surface area (TPSA) is 78.9 Å². The summed E-state index contributed by atoms with van der Waals surface area (Å²) in [5, 5.41) is 0. The summed E-state index contributed by atoms with van der Waals surface area (Å²) in [6.45, 7) is 17.5. The first kappa shape index (κ1) is 26.9. The number of esters is 3. The molecular formula is C31H28O6. The van der Waals surface area contributed by atoms with E-state index in [0.29, 0.717) is 34.0 Å². The highest BCUT2D eigenvalue weighted by molar-refractivity contribution is 5.92. The second-order valence-corrected chi connectivity index (χ2v) is 8.72. The van der Waals surface area contributed by atoms with Crippen molar-refractivity contribution in [3.63, 3.8) is 0 Å². The summed E-state index contributed by atoms with van der Waals surface area (Å²) in [6, 6.07) is 17.6. The molecule has 0 atom stereocenters. The summed E-state index contributed by atoms with van der Waals surface area (Å²) < 4.78 is 16.2. The quantitative estimate of drug-likeness (QED) is 0.194. The van der Waals surface area contributed by atoms with Crippen molar-refractivity contribution in [2.45, 2.75) is 27.7 Å². The van der Waals surface area contributed by atoms with Gasteiger partial charge in [0.15, 0.2) is 0 Å². The molecular weight excluding hydrogens is 468 g/mol. The average Bonchev–Trinajstić information content (AvgIpc) is 2.85. The smallest absolute Gasteiger partial charge is 0.338 e. The van der Waals surface area contributed by atoms with Crippen molar-refractivity contribution >= 4 is 17.9 Å². The minimum absolute atomic E-state index is 0.263. The van der Waals surface area contributed by atoms with Crippen molar-refractivity contribution in [3.8, 4) is 39.5 Å². The van der Waals surface area contributed by atoms with Crippen LogP contribution in [0.25, 0.3) is 22.3 Å². The Kier molecular flexibility index (Phi) is 8.25. The maximum Gasteiger partial charge on any atom is 0.338 e. The lowest BCUT2D eigenvalue weighted by Gasteiger charge is -2.16. The highest BCUT2D eigenvalue weighted by Crippen LogP contribution is 2.38. The zero-order valence-corrected chi connectivity index (χ0v) is 21.3. The molecule has 0 aliphatic heterocycles. The molecule has 0 unspecified atom stereocenters. The van der Waals surface area contributed by atoms with E-state index in [0.717, 1.165) is 22.3 Å². The fourth-order valence-corrected chi connectivity index (χ4v) is 3.29. The Hall–Kier alpha value is -4.71. The van der Waals surface area contributed by atoms with Gasteiger partial charge in [-0.25, -0.2) is 14.4 Å². The molecule has 0 amide bonds. The van der Waals surface area contributed by atoms with Crippen LogP contribution in [0.4, 0.5) is 0 Å². The third-order valence-electron chi connectivity index (χ3n) is 5.33. The Balaban J connectivity index is 2.00. The Morgan fingerprint density at radius 2 is 0.946 bits per heavy atom. The first-order valence-electron chi connectivity index (χ1n) is 11.4. The molecule has 3 aromatic rings. The van der Waals surface area contributed by atoms with Crippen LogP contribution in [-0.2, 0) is 14.4 Å². The summed E-state index contributed by atoms with van der Waals surface area (Å²) in [6.07, 6.45) is 0. The summed E-state index contributed by atoms with van der Waals surface area (Å²) in [4.78, 5) is 36.0. The van der Waals surface area contributed by atoms with Crippen molar-refractivity contribution in [2.24, 2.45) is 0 Å². The molecule has 0 radical (unpaired) electrons. The standard InChI is InChI=1S/C31H28O6/c1-18(2)29(32)35-24-12-8-22(9-13-24)26-17-28(37-31(34)20(5)6)27(16-21(26)7)23-10-14-25(15-11-23)36-30(33)19(3)4/h8-17H,1,3,5H2,2,4,6-7H3. The molecule has 0 saturated carbocycles. The minimum Gasteiger partial charge on any atom is -0.423 e. The van der Waals surface area contributed by atoms with Crippen LogP contribution in [0.1, 0.15) is 26.3 Å². The lowest BCUT2D eigenvalue weighted by Crippen LogP contribution is -2.09. The van der Waals surface area contributed by atoms with Gasteiger partial charge in [0.05, 0.1) is 0 Å². The Morgan fingerprint density at radius 3 is 1.35 bits per heavy atom. The summed E-state index contributed by atoms with van der Waals surface area (Å²) >= 11 is 0. The van der Waals surface area contributed by atoms with Crippen LogP contribution in [-0.4, -0.2) is 17.9 Å². The van der Waals surface area contributed by atoms with Crippen molar-refractivity contribution in [3.05, 3.63) is 103 Å². The van der Waals surface area contributed by atoms with E-state index in [1.165, 1.54) is 0 Å². The number of hydrogen-bond acceptors (Lipinski definition) is 6. The monoisotopic (exact) mass is 496 g/mol. The first-order chi connectivity index (χ1) is 17.5. The zero-order chi connectivity index (χ0) is 27.3. The predicted molar refractivity (Wildman–Crippen MR) is 143 cm³/mol. The first-order valence-corrected chi connectivity index (χ1v) is 11.4. The third kappa shape index (κ3) is 6.70. The van der Waals surface area contributed by atoms with Gasteiger partial charge in [0.2, 0.25) is 0 Å². The van der Waals surface area contributed by atoms with Crippen LogP contribution in [0.3, 0.4) is 0 Å². The lowest BCUT2D eigenvalue weighted by molar-refractivity contribution is -0.130. The molecule has 3 rings (SSSR count). The number of hydrogen-bond donors (Lipinski definition) is 0. The molecule has 0 spiro atoms. The normalized spacial score (nSPS) is 10.3. The molecule has 3 aromatic carbocycles. The van der Waals surface area contributed by atoms with Crippen LogP contribution in [0.15, 0.2) is 97.1 Å². The van der Waals surface area contributed by atoms with Gasteiger partial charge in [-0.15, -0.1) is 0 Å². The molecule has 0 heterocycles. The van der Waals surface area contributed by atoms with Gasteiger partial charge in [-0.3, -0.25) is 0 Å². The molecule has 0 aliphatic rings. The van der Waals surface area contributed by atoms with E-state index >= 15 is 0 Å². The van der Waals surface area contributed by atoms with E-state index in [2.05, 4.69) is 19.7 Å². The van der Waals surface area contributed by atoms with Gasteiger partial charge in [0.25, 0.3) is 0 Å². The summed E-state index contributed by atoms with van der Waals surface area (Å²) in [7, 11) is 0. The summed E-state index contributed by atoms with van der Waals surface area (Å²) in [5.41, 5.74) is 4.91. The largest absolute Gasteiger partial charge is 0.423 e. The van der Waals surface area contributed by atoms with Gasteiger partial charge >= 0.3 is 17.9 Å². The zero-order valence-electron chi connectivity index (χ0n) is 21.3. The maximum absolute atomic E-state index is 12.4. The van der Waals surface area contributed by atoms with E-state index in [1.54, 1.807) is 63.2 Å². The van der Waals surface area contributed by atoms with Crippen molar-refractivity contribution < 1.29 is 28.6 Å². The maximum atomic E-state index is 12.4. The van der Waals surface area contributed by atoms with E-state index in [9.17, 15) is 14.4 Å². The van der Waals surface area contributed by atoms with E-state index in [-0.39, 0.29) is 5.57 Å². The lowest BCUT2D eigenvalue weighted by atomic mass is 9.94. The van der Waals surface area contributed by atoms with Gasteiger partial charge in [-0.2, -0.15) is 0 Å². The Labute approximate surface area is 216 Å². The number of carbonyl (C=O) groups is 3. The average molecular weight is 497 g/mol. The number of ether oxygens (including phenoxy) is 3. The van der Waals surface area contributed by atoms with Gasteiger partial charge in [-0.1, -0.05) is 44.0 Å². The number of rotatable bonds is 8. The third-order valence-corrected chi connectivity index (χ3v) is 5.33. The number of aryl methyl sites for hydroxylation is 1. The number of benzene rings is 3. The Morgan fingerprint density at radius 1 is 0.568 bits per heavy atom. The van der Waals surface area contributed by atoms with Crippen molar-refractivity contribution in [1.82, 2.24) is 0 Å². The van der Waals surface area contributed by atoms with Gasteiger partial charge in [0.1, 0.15) is 17.2 Å². The second kappa shape index (κ2) is 11.4. The van der Waals surface area contributed by atoms with E-state index in [4.69, 9.17) is 14.2 Å². The molecule has 0 aliphatic carbocycles. The van der Waals surface area contributed by atoms with Crippen LogP contribution in [0.2, 0.25) is 0 Å². The molecule has 0 N–H and O–H groups in total. The highest BCUT2D eigenvalue weighted by Gasteiger charge is 2.17. The second-order valence-electron chi connectivity index (χ2n) is 8.72. The van der Waals surface area contributed by atoms with Crippen LogP contribution >= 0.6 is 0 Å². The molecule has 0 aromatic heterocycles. The van der Waals surface area contributed by atoms with E-state index in [1.807, 2.05) is 25.1 Å². The van der Waals surface area contributed by atoms with Crippen molar-refractivity contribution in [2.75, 3.05) is 0 Å². The van der Waals surface area contributed by atoms with E-state index < -0.39 is 17.9 Å². The van der Waals surface area contributed by atoms with Crippen LogP contribution < -0.4 is 14.2 Å². The molecule has 188 valence electrons. The van der Waals surface area contributed by atoms with Crippen molar-refractivity contribution in [1.29, 1.82) is 0 Å². The SMILES string of the molecule is C=C(C)C(=O)Oc1ccc(-c2cc(OC(=O)C(=C)C)c(-c3ccc(OC(=O)C(=C)C)cc3)cc2C)cc1. The highest BCUT2D eigenvalue weighted by atomic mass is 16.5. The van der Waals surface area contributed by atoms with Crippen LogP contribution in [0.5, 0.6) is 17.2 Å². The molecule has 6 heteroatoms. The van der Waals surface area contributed by atoms with Gasteiger partial charge in [0, 0.05) is 22.3 Å². The molecule has 6 nitrogen and oxygen atoms in total. The summed E-state index contributed by atoms with van der Waals surface area (Å²) in [5.74, 6) is -0.444. The van der Waals surface area contributed by atoms with Gasteiger partial charge in [-0.05, 0) is 86.3 Å². The van der Waals surface area contributed by atoms with Crippen LogP contribution in [0, 0.1) is 6.92 Å². The molecule has 37 heavy (non-hydrogen) atoms. The fourth-order valence-electron chi connectivity index (χ4n) is 3.29. The number of carbonyl (C=O) groups excluding carboxylic acids is 3. The molecule has 0 saturated heterocycles. The predicted octanol–water partition coefficient (Wildman–Crippen LogP) is 6.77. The molecule has 0 fully saturated rings. The fraction of sp³-hybridized carbons (Fsp3) is 0.129. The Bertz CT molecular complexity index is 1410. The molecule has 0 bridgehead atoms.